The maximum atomic E-state index is 13.7. The second-order valence-corrected chi connectivity index (χ2v) is 9.59. The molecule has 1 aromatic heterocycles. The van der Waals surface area contributed by atoms with Crippen molar-refractivity contribution in [3.8, 4) is 22.6 Å². The van der Waals surface area contributed by atoms with E-state index in [4.69, 9.17) is 25.7 Å². The smallest absolute Gasteiger partial charge is 0.338 e. The maximum absolute atomic E-state index is 13.7. The number of nitrogens with two attached hydrogens (primary N) is 2. The Morgan fingerprint density at radius 1 is 1.07 bits per heavy atom. The Hall–Kier alpha value is -4.58. The lowest BCUT2D eigenvalue weighted by Crippen LogP contribution is -2.55. The van der Waals surface area contributed by atoms with Gasteiger partial charge in [-0.15, -0.1) is 0 Å². The number of carbonyl (C=O) groups is 3. The molecule has 0 bridgehead atoms. The molecule has 212 valence electrons. The first-order valence-electron chi connectivity index (χ1n) is 13.0. The van der Waals surface area contributed by atoms with Crippen LogP contribution in [0.4, 0.5) is 10.5 Å². The minimum atomic E-state index is -0.828. The molecule has 1 saturated heterocycles. The first kappa shape index (κ1) is 28.4. The molecule has 0 saturated carbocycles. The van der Waals surface area contributed by atoms with Gasteiger partial charge in [-0.25, -0.2) is 19.5 Å². The second-order valence-electron chi connectivity index (χ2n) is 9.59. The Morgan fingerprint density at radius 3 is 2.42 bits per heavy atom. The van der Waals surface area contributed by atoms with Gasteiger partial charge in [-0.3, -0.25) is 9.59 Å². The Labute approximate surface area is 232 Å². The van der Waals surface area contributed by atoms with Crippen molar-refractivity contribution in [2.24, 2.45) is 11.5 Å². The van der Waals surface area contributed by atoms with E-state index < -0.39 is 23.9 Å². The molecule has 2 heterocycles. The number of benzene rings is 2. The molecule has 1 aliphatic rings. The Morgan fingerprint density at radius 2 is 1.82 bits per heavy atom. The number of hydrazine groups is 1. The van der Waals surface area contributed by atoms with E-state index in [1.54, 1.807) is 32.2 Å². The third-order valence-electron chi connectivity index (χ3n) is 6.40. The van der Waals surface area contributed by atoms with E-state index in [9.17, 15) is 14.4 Å². The summed E-state index contributed by atoms with van der Waals surface area (Å²) in [5, 5.41) is 6.87. The standard InChI is InChI=1S/C28H34N6O6/c1-18(2)33(27(36)20-9-12-23(24(14-20)38-3)40-17-25(29)35)34(28(30)37)22-10-7-19(8-11-22)21-15-31-32(16-21)26-6-4-5-13-39-26/h7-12,14-16,18,26H,4-6,13,17H2,1-3H3,(H2,29,35)(H2,30,37). The monoisotopic (exact) mass is 550 g/mol. The SMILES string of the molecule is COc1cc(C(=O)N(C(C)C)N(C(N)=O)c2ccc(-c3cnn(C4CCCCO4)c3)cc2)ccc1OCC(N)=O. The zero-order chi connectivity index (χ0) is 28.8. The van der Waals surface area contributed by atoms with Crippen molar-refractivity contribution < 1.29 is 28.6 Å². The van der Waals surface area contributed by atoms with Gasteiger partial charge < -0.3 is 25.7 Å². The molecule has 12 nitrogen and oxygen atoms in total. The van der Waals surface area contributed by atoms with Gasteiger partial charge in [0.05, 0.1) is 19.0 Å². The molecule has 0 aliphatic carbocycles. The van der Waals surface area contributed by atoms with Crippen molar-refractivity contribution in [2.45, 2.75) is 45.4 Å². The van der Waals surface area contributed by atoms with Gasteiger partial charge in [-0.2, -0.15) is 5.10 Å². The molecule has 0 spiro atoms. The van der Waals surface area contributed by atoms with Crippen LogP contribution in [0.15, 0.2) is 54.9 Å². The normalized spacial score (nSPS) is 14.9. The predicted octanol–water partition coefficient (Wildman–Crippen LogP) is 3.47. The number of amides is 4. The maximum Gasteiger partial charge on any atom is 0.338 e. The predicted molar refractivity (Wildman–Crippen MR) is 148 cm³/mol. The number of carbonyl (C=O) groups excluding carboxylic acids is 3. The van der Waals surface area contributed by atoms with E-state index in [1.165, 1.54) is 30.3 Å². The summed E-state index contributed by atoms with van der Waals surface area (Å²) in [5.41, 5.74) is 13.3. The van der Waals surface area contributed by atoms with Gasteiger partial charge in [0.15, 0.2) is 18.1 Å². The number of methoxy groups -OCH3 is 1. The lowest BCUT2D eigenvalue weighted by atomic mass is 10.1. The number of hydrogen-bond acceptors (Lipinski definition) is 7. The molecular formula is C28H34N6O6. The fourth-order valence-electron chi connectivity index (χ4n) is 4.49. The fourth-order valence-corrected chi connectivity index (χ4v) is 4.49. The second kappa shape index (κ2) is 12.5. The number of primary amides is 2. The quantitative estimate of drug-likeness (QED) is 0.387. The molecule has 4 rings (SSSR count). The van der Waals surface area contributed by atoms with Gasteiger partial charge in [-0.05, 0) is 69.0 Å². The highest BCUT2D eigenvalue weighted by molar-refractivity contribution is 6.01. The van der Waals surface area contributed by atoms with E-state index >= 15 is 0 Å². The summed E-state index contributed by atoms with van der Waals surface area (Å²) in [5.74, 6) is -0.672. The topological polar surface area (TPSA) is 155 Å². The van der Waals surface area contributed by atoms with E-state index in [1.807, 2.05) is 23.0 Å². The van der Waals surface area contributed by atoms with Crippen LogP contribution in [0.2, 0.25) is 0 Å². The minimum absolute atomic E-state index is 0.0693. The summed E-state index contributed by atoms with van der Waals surface area (Å²) in [6, 6.07) is 10.3. The first-order valence-corrected chi connectivity index (χ1v) is 13.0. The van der Waals surface area contributed by atoms with Gasteiger partial charge in [-0.1, -0.05) is 12.1 Å². The van der Waals surface area contributed by atoms with E-state index in [-0.39, 0.29) is 29.9 Å². The van der Waals surface area contributed by atoms with Gasteiger partial charge >= 0.3 is 6.03 Å². The van der Waals surface area contributed by atoms with Crippen molar-refractivity contribution in [2.75, 3.05) is 25.3 Å². The summed E-state index contributed by atoms with van der Waals surface area (Å²) in [6.07, 6.45) is 6.71. The molecule has 4 amide bonds. The average molecular weight is 551 g/mol. The summed E-state index contributed by atoms with van der Waals surface area (Å²) in [4.78, 5) is 37.4. The van der Waals surface area contributed by atoms with Crippen LogP contribution in [-0.4, -0.2) is 59.0 Å². The van der Waals surface area contributed by atoms with Gasteiger partial charge in [0.2, 0.25) is 0 Å². The largest absolute Gasteiger partial charge is 0.493 e. The first-order chi connectivity index (χ1) is 19.2. The summed E-state index contributed by atoms with van der Waals surface area (Å²) < 4.78 is 18.3. The van der Waals surface area contributed by atoms with Crippen molar-refractivity contribution in [1.29, 1.82) is 0 Å². The molecule has 1 aliphatic heterocycles. The van der Waals surface area contributed by atoms with Crippen LogP contribution >= 0.6 is 0 Å². The van der Waals surface area contributed by atoms with Crippen molar-refractivity contribution in [3.63, 3.8) is 0 Å². The fraction of sp³-hybridized carbons (Fsp3) is 0.357. The molecule has 4 N–H and O–H groups in total. The average Bonchev–Trinajstić information content (AvgIpc) is 3.45. The number of rotatable bonds is 9. The molecule has 3 aromatic rings. The van der Waals surface area contributed by atoms with E-state index in [0.29, 0.717) is 5.69 Å². The van der Waals surface area contributed by atoms with Crippen LogP contribution in [0.5, 0.6) is 11.5 Å². The van der Waals surface area contributed by atoms with Crippen LogP contribution in [0, 0.1) is 0 Å². The van der Waals surface area contributed by atoms with E-state index in [2.05, 4.69) is 5.10 Å². The minimum Gasteiger partial charge on any atom is -0.493 e. The zero-order valence-corrected chi connectivity index (χ0v) is 22.8. The van der Waals surface area contributed by atoms with Crippen LogP contribution < -0.4 is 25.9 Å². The van der Waals surface area contributed by atoms with E-state index in [0.717, 1.165) is 42.0 Å². The lowest BCUT2D eigenvalue weighted by molar-refractivity contribution is -0.119. The highest BCUT2D eigenvalue weighted by atomic mass is 16.5. The number of anilines is 1. The van der Waals surface area contributed by atoms with Gasteiger partial charge in [0, 0.05) is 30.0 Å². The Bertz CT molecular complexity index is 1350. The van der Waals surface area contributed by atoms with Crippen molar-refractivity contribution in [3.05, 3.63) is 60.4 Å². The number of nitrogens with zero attached hydrogens (tertiary/aromatic N) is 4. The van der Waals surface area contributed by atoms with Crippen LogP contribution in [0.1, 0.15) is 49.7 Å². The number of hydrogen-bond donors (Lipinski definition) is 2. The lowest BCUT2D eigenvalue weighted by Gasteiger charge is -2.36. The van der Waals surface area contributed by atoms with Gasteiger partial charge in [0.1, 0.15) is 6.23 Å². The van der Waals surface area contributed by atoms with Crippen LogP contribution in [0.3, 0.4) is 0 Å². The van der Waals surface area contributed by atoms with Crippen molar-refractivity contribution >= 4 is 23.5 Å². The highest BCUT2D eigenvalue weighted by Gasteiger charge is 2.30. The Balaban J connectivity index is 1.58. The summed E-state index contributed by atoms with van der Waals surface area (Å²) in [7, 11) is 1.41. The number of urea groups is 1. The third-order valence-corrected chi connectivity index (χ3v) is 6.40. The summed E-state index contributed by atoms with van der Waals surface area (Å²) >= 11 is 0. The molecule has 12 heteroatoms. The van der Waals surface area contributed by atoms with Crippen LogP contribution in [-0.2, 0) is 9.53 Å². The molecule has 1 unspecified atom stereocenters. The molecule has 1 atom stereocenters. The zero-order valence-electron chi connectivity index (χ0n) is 22.8. The Kier molecular flexibility index (Phi) is 8.90. The van der Waals surface area contributed by atoms with Gasteiger partial charge in [0.25, 0.3) is 11.8 Å². The third kappa shape index (κ3) is 6.34. The summed E-state index contributed by atoms with van der Waals surface area (Å²) in [6.45, 7) is 3.92. The number of aromatic nitrogens is 2. The van der Waals surface area contributed by atoms with Crippen molar-refractivity contribution in [1.82, 2.24) is 14.8 Å². The molecule has 0 radical (unpaired) electrons. The molecule has 40 heavy (non-hydrogen) atoms. The molecule has 1 fully saturated rings. The van der Waals surface area contributed by atoms with Crippen LogP contribution in [0.25, 0.3) is 11.1 Å². The highest BCUT2D eigenvalue weighted by Crippen LogP contribution is 2.31. The number of ether oxygens (including phenoxy) is 3. The molecular weight excluding hydrogens is 516 g/mol. The molecule has 2 aromatic carbocycles.